The number of benzene rings is 1. The SMILES string of the molecule is CN(C)c1ccccc1NCCCF. The van der Waals surface area contributed by atoms with Crippen LogP contribution in [0.3, 0.4) is 0 Å². The molecule has 1 aromatic carbocycles. The zero-order chi connectivity index (χ0) is 10.4. The smallest absolute Gasteiger partial charge is 0.0911 e. The van der Waals surface area contributed by atoms with Crippen molar-refractivity contribution in [2.24, 2.45) is 0 Å². The molecule has 78 valence electrons. The lowest BCUT2D eigenvalue weighted by Gasteiger charge is -2.18. The fourth-order valence-electron chi connectivity index (χ4n) is 1.30. The van der Waals surface area contributed by atoms with Gasteiger partial charge in [0, 0.05) is 20.6 Å². The number of anilines is 2. The summed E-state index contributed by atoms with van der Waals surface area (Å²) in [6.45, 7) is 0.415. The Kier molecular flexibility index (Phi) is 4.23. The van der Waals surface area contributed by atoms with Gasteiger partial charge >= 0.3 is 0 Å². The summed E-state index contributed by atoms with van der Waals surface area (Å²) in [7, 11) is 3.99. The Balaban J connectivity index is 2.64. The summed E-state index contributed by atoms with van der Waals surface area (Å²) in [4.78, 5) is 2.04. The van der Waals surface area contributed by atoms with Crippen molar-refractivity contribution in [1.29, 1.82) is 0 Å². The lowest BCUT2D eigenvalue weighted by molar-refractivity contribution is 0.481. The van der Waals surface area contributed by atoms with E-state index in [9.17, 15) is 4.39 Å². The van der Waals surface area contributed by atoms with Crippen molar-refractivity contribution < 1.29 is 4.39 Å². The second kappa shape index (κ2) is 5.47. The number of hydrogen-bond donors (Lipinski definition) is 1. The number of alkyl halides is 1. The summed E-state index contributed by atoms with van der Waals surface area (Å²) in [5, 5.41) is 3.21. The quantitative estimate of drug-likeness (QED) is 0.728. The van der Waals surface area contributed by atoms with Gasteiger partial charge < -0.3 is 10.2 Å². The van der Waals surface area contributed by atoms with Crippen LogP contribution in [0.15, 0.2) is 24.3 Å². The minimum absolute atomic E-state index is 0.267. The Morgan fingerprint density at radius 2 is 2.00 bits per heavy atom. The summed E-state index contributed by atoms with van der Waals surface area (Å²) in [6, 6.07) is 8.02. The topological polar surface area (TPSA) is 15.3 Å². The number of nitrogens with one attached hydrogen (secondary N) is 1. The predicted octanol–water partition coefficient (Wildman–Crippen LogP) is 2.52. The average molecular weight is 196 g/mol. The first-order valence-corrected chi connectivity index (χ1v) is 4.82. The molecule has 0 saturated carbocycles. The number of hydrogen-bond acceptors (Lipinski definition) is 2. The predicted molar refractivity (Wildman–Crippen MR) is 59.9 cm³/mol. The fraction of sp³-hybridized carbons (Fsp3) is 0.455. The number of halogens is 1. The van der Waals surface area contributed by atoms with Crippen molar-refractivity contribution in [3.63, 3.8) is 0 Å². The van der Waals surface area contributed by atoms with Gasteiger partial charge in [0.15, 0.2) is 0 Å². The summed E-state index contributed by atoms with van der Waals surface area (Å²) in [5.41, 5.74) is 2.19. The Labute approximate surface area is 84.7 Å². The Bertz CT molecular complexity index is 274. The van der Waals surface area contributed by atoms with E-state index >= 15 is 0 Å². The standard InChI is InChI=1S/C11H17FN2/c1-14(2)11-7-4-3-6-10(11)13-9-5-8-12/h3-4,6-7,13H,5,8-9H2,1-2H3. The Hall–Kier alpha value is -1.25. The van der Waals surface area contributed by atoms with Crippen LogP contribution in [0.25, 0.3) is 0 Å². The van der Waals surface area contributed by atoms with Crippen molar-refractivity contribution in [3.8, 4) is 0 Å². The molecule has 1 aromatic rings. The van der Waals surface area contributed by atoms with Gasteiger partial charge in [0.1, 0.15) is 0 Å². The Morgan fingerprint density at radius 1 is 1.29 bits per heavy atom. The lowest BCUT2D eigenvalue weighted by atomic mass is 10.2. The van der Waals surface area contributed by atoms with E-state index in [1.807, 2.05) is 43.3 Å². The summed E-state index contributed by atoms with van der Waals surface area (Å²) in [6.07, 6.45) is 0.557. The molecule has 0 radical (unpaired) electrons. The monoisotopic (exact) mass is 196 g/mol. The maximum Gasteiger partial charge on any atom is 0.0911 e. The van der Waals surface area contributed by atoms with Crippen molar-refractivity contribution in [2.45, 2.75) is 6.42 Å². The number of nitrogens with zero attached hydrogens (tertiary/aromatic N) is 1. The molecule has 1 N–H and O–H groups in total. The lowest BCUT2D eigenvalue weighted by Crippen LogP contribution is -2.12. The average Bonchev–Trinajstić information content (AvgIpc) is 2.19. The highest BCUT2D eigenvalue weighted by atomic mass is 19.1. The highest BCUT2D eigenvalue weighted by Crippen LogP contribution is 2.22. The van der Waals surface area contributed by atoms with Crippen molar-refractivity contribution in [2.75, 3.05) is 37.5 Å². The van der Waals surface area contributed by atoms with E-state index < -0.39 is 0 Å². The van der Waals surface area contributed by atoms with Gasteiger partial charge in [0.2, 0.25) is 0 Å². The highest BCUT2D eigenvalue weighted by molar-refractivity contribution is 5.69. The van der Waals surface area contributed by atoms with Gasteiger partial charge in [-0.25, -0.2) is 0 Å². The second-order valence-electron chi connectivity index (χ2n) is 3.38. The molecular formula is C11H17FN2. The zero-order valence-corrected chi connectivity index (χ0v) is 8.76. The first-order valence-electron chi connectivity index (χ1n) is 4.82. The maximum atomic E-state index is 11.9. The molecule has 0 atom stereocenters. The molecule has 0 bridgehead atoms. The normalized spacial score (nSPS) is 9.93. The van der Waals surface area contributed by atoms with E-state index in [1.165, 1.54) is 0 Å². The van der Waals surface area contributed by atoms with E-state index in [1.54, 1.807) is 0 Å². The van der Waals surface area contributed by atoms with Crippen LogP contribution >= 0.6 is 0 Å². The molecule has 0 spiro atoms. The largest absolute Gasteiger partial charge is 0.383 e. The third-order valence-corrected chi connectivity index (χ3v) is 2.01. The molecule has 0 amide bonds. The van der Waals surface area contributed by atoms with Crippen LogP contribution < -0.4 is 10.2 Å². The molecule has 0 saturated heterocycles. The first kappa shape index (κ1) is 10.8. The van der Waals surface area contributed by atoms with Gasteiger partial charge in [-0.15, -0.1) is 0 Å². The second-order valence-corrected chi connectivity index (χ2v) is 3.38. The molecular weight excluding hydrogens is 179 g/mol. The van der Waals surface area contributed by atoms with E-state index in [4.69, 9.17) is 0 Å². The van der Waals surface area contributed by atoms with Crippen molar-refractivity contribution in [1.82, 2.24) is 0 Å². The molecule has 2 nitrogen and oxygen atoms in total. The van der Waals surface area contributed by atoms with Gasteiger partial charge in [0.05, 0.1) is 18.0 Å². The molecule has 0 aliphatic rings. The van der Waals surface area contributed by atoms with Crippen LogP contribution in [0.2, 0.25) is 0 Å². The van der Waals surface area contributed by atoms with Crippen molar-refractivity contribution >= 4 is 11.4 Å². The van der Waals surface area contributed by atoms with Gasteiger partial charge in [-0.05, 0) is 18.6 Å². The Morgan fingerprint density at radius 3 is 2.64 bits per heavy atom. The summed E-state index contributed by atoms with van der Waals surface area (Å²) >= 11 is 0. The van der Waals surface area contributed by atoms with Crippen LogP contribution in [-0.4, -0.2) is 27.3 Å². The third kappa shape index (κ3) is 2.91. The molecule has 0 unspecified atom stereocenters. The van der Waals surface area contributed by atoms with Gasteiger partial charge in [-0.1, -0.05) is 12.1 Å². The maximum absolute atomic E-state index is 11.9. The van der Waals surface area contributed by atoms with E-state index in [-0.39, 0.29) is 6.67 Å². The molecule has 0 aliphatic carbocycles. The molecule has 1 rings (SSSR count). The fourth-order valence-corrected chi connectivity index (χ4v) is 1.30. The van der Waals surface area contributed by atoms with Gasteiger partial charge in [-0.2, -0.15) is 0 Å². The van der Waals surface area contributed by atoms with Crippen LogP contribution in [-0.2, 0) is 0 Å². The third-order valence-electron chi connectivity index (χ3n) is 2.01. The van der Waals surface area contributed by atoms with E-state index in [0.717, 1.165) is 11.4 Å². The van der Waals surface area contributed by atoms with E-state index in [2.05, 4.69) is 5.32 Å². The summed E-state index contributed by atoms with van der Waals surface area (Å²) in [5.74, 6) is 0. The van der Waals surface area contributed by atoms with Gasteiger partial charge in [-0.3, -0.25) is 4.39 Å². The molecule has 0 aromatic heterocycles. The molecule has 0 fully saturated rings. The van der Waals surface area contributed by atoms with Crippen LogP contribution in [0.4, 0.5) is 15.8 Å². The number of rotatable bonds is 5. The molecule has 0 aliphatic heterocycles. The van der Waals surface area contributed by atoms with Crippen LogP contribution in [0.1, 0.15) is 6.42 Å². The highest BCUT2D eigenvalue weighted by Gasteiger charge is 2.01. The molecule has 14 heavy (non-hydrogen) atoms. The molecule has 0 heterocycles. The van der Waals surface area contributed by atoms with Crippen LogP contribution in [0, 0.1) is 0 Å². The zero-order valence-electron chi connectivity index (χ0n) is 8.76. The minimum Gasteiger partial charge on any atom is -0.383 e. The summed E-state index contributed by atoms with van der Waals surface area (Å²) < 4.78 is 11.9. The first-order chi connectivity index (χ1) is 6.75. The minimum atomic E-state index is -0.267. The van der Waals surface area contributed by atoms with E-state index in [0.29, 0.717) is 13.0 Å². The van der Waals surface area contributed by atoms with Gasteiger partial charge in [0.25, 0.3) is 0 Å². The molecule has 3 heteroatoms. The number of para-hydroxylation sites is 2. The van der Waals surface area contributed by atoms with Crippen molar-refractivity contribution in [3.05, 3.63) is 24.3 Å². The van der Waals surface area contributed by atoms with Crippen LogP contribution in [0.5, 0.6) is 0 Å².